The van der Waals surface area contributed by atoms with Crippen LogP contribution in [0.25, 0.3) is 0 Å². The third kappa shape index (κ3) is 3.30. The summed E-state index contributed by atoms with van der Waals surface area (Å²) < 4.78 is 2.59. The molecule has 0 radical (unpaired) electrons. The molecule has 114 valence electrons. The summed E-state index contributed by atoms with van der Waals surface area (Å²) in [5.41, 5.74) is 0.0711. The molecule has 0 bridgehead atoms. The molecule has 1 unspecified atom stereocenters. The first-order valence-electron chi connectivity index (χ1n) is 6.88. The van der Waals surface area contributed by atoms with E-state index in [-0.39, 0.29) is 17.3 Å². The van der Waals surface area contributed by atoms with Crippen molar-refractivity contribution >= 4 is 11.3 Å². The summed E-state index contributed by atoms with van der Waals surface area (Å²) in [6.45, 7) is 4.58. The minimum absolute atomic E-state index is 0.0782. The van der Waals surface area contributed by atoms with Gasteiger partial charge >= 0.3 is 5.69 Å². The van der Waals surface area contributed by atoms with E-state index < -0.39 is 0 Å². The maximum Gasteiger partial charge on any atom is 0.330 e. The molecule has 0 aromatic carbocycles. The smallest absolute Gasteiger partial charge is 0.303 e. The predicted octanol–water partition coefficient (Wildman–Crippen LogP) is 0.954. The van der Waals surface area contributed by atoms with Crippen molar-refractivity contribution in [2.24, 2.45) is 14.1 Å². The van der Waals surface area contributed by atoms with E-state index in [2.05, 4.69) is 17.2 Å². The molecule has 2 aromatic rings. The van der Waals surface area contributed by atoms with E-state index in [1.54, 1.807) is 18.4 Å². The topological polar surface area (TPSA) is 68.9 Å². The van der Waals surface area contributed by atoms with Gasteiger partial charge in [0.2, 0.25) is 0 Å². The number of nitrogens with one attached hydrogen (secondary N) is 1. The molecule has 0 fully saturated rings. The molecule has 0 amide bonds. The van der Waals surface area contributed by atoms with E-state index in [4.69, 9.17) is 0 Å². The number of thiazole rings is 1. The Kier molecular flexibility index (Phi) is 4.74. The highest BCUT2D eigenvalue weighted by atomic mass is 32.1. The maximum absolute atomic E-state index is 11.9. The molecule has 2 aromatic heterocycles. The lowest BCUT2D eigenvalue weighted by Gasteiger charge is -2.14. The van der Waals surface area contributed by atoms with Crippen LogP contribution in [0, 0.1) is 0 Å². The molecule has 0 aliphatic carbocycles. The van der Waals surface area contributed by atoms with Crippen molar-refractivity contribution in [3.8, 4) is 0 Å². The van der Waals surface area contributed by atoms with Crippen LogP contribution in [0.5, 0.6) is 0 Å². The monoisotopic (exact) mass is 308 g/mol. The van der Waals surface area contributed by atoms with Crippen molar-refractivity contribution in [1.29, 1.82) is 0 Å². The normalized spacial score (nSPS) is 12.6. The van der Waals surface area contributed by atoms with E-state index in [9.17, 15) is 9.59 Å². The Balaban J connectivity index is 2.13. The van der Waals surface area contributed by atoms with E-state index in [1.807, 2.05) is 13.1 Å². The Morgan fingerprint density at radius 3 is 2.67 bits per heavy atom. The molecule has 0 saturated heterocycles. The van der Waals surface area contributed by atoms with Crippen molar-refractivity contribution in [2.75, 3.05) is 0 Å². The quantitative estimate of drug-likeness (QED) is 0.893. The molecule has 2 rings (SSSR count). The van der Waals surface area contributed by atoms with Crippen molar-refractivity contribution in [2.45, 2.75) is 32.9 Å². The molecule has 1 atom stereocenters. The lowest BCUT2D eigenvalue weighted by molar-refractivity contribution is 0.538. The van der Waals surface area contributed by atoms with Gasteiger partial charge < -0.3 is 5.32 Å². The van der Waals surface area contributed by atoms with Crippen LogP contribution in [0.2, 0.25) is 0 Å². The zero-order valence-corrected chi connectivity index (χ0v) is 13.5. The average Bonchev–Trinajstić information content (AvgIpc) is 2.96. The fourth-order valence-corrected chi connectivity index (χ4v) is 2.86. The van der Waals surface area contributed by atoms with Gasteiger partial charge in [0, 0.05) is 43.5 Å². The van der Waals surface area contributed by atoms with Crippen LogP contribution >= 0.6 is 11.3 Å². The van der Waals surface area contributed by atoms with Crippen LogP contribution in [0.1, 0.15) is 35.5 Å². The first kappa shape index (κ1) is 15.7. The van der Waals surface area contributed by atoms with Crippen LogP contribution in [0.3, 0.4) is 0 Å². The van der Waals surface area contributed by atoms with Crippen molar-refractivity contribution < 1.29 is 0 Å². The molecule has 21 heavy (non-hydrogen) atoms. The van der Waals surface area contributed by atoms with E-state index in [0.717, 1.165) is 16.0 Å². The molecular formula is C14H20N4O2S. The Hall–Kier alpha value is -1.73. The second-order valence-corrected chi connectivity index (χ2v) is 6.14. The van der Waals surface area contributed by atoms with Crippen LogP contribution in [-0.4, -0.2) is 14.1 Å². The van der Waals surface area contributed by atoms with E-state index >= 15 is 0 Å². The fraction of sp³-hybridized carbons (Fsp3) is 0.500. The van der Waals surface area contributed by atoms with Gasteiger partial charge in [-0.2, -0.15) is 0 Å². The van der Waals surface area contributed by atoms with Gasteiger partial charge in [0.05, 0.1) is 6.04 Å². The number of hydrogen-bond donors (Lipinski definition) is 1. The van der Waals surface area contributed by atoms with Crippen molar-refractivity contribution in [3.63, 3.8) is 0 Å². The Bertz CT molecular complexity index is 744. The molecule has 0 spiro atoms. The fourth-order valence-electron chi connectivity index (χ4n) is 1.98. The highest BCUT2D eigenvalue weighted by Gasteiger charge is 2.11. The summed E-state index contributed by atoms with van der Waals surface area (Å²) in [5, 5.41) is 4.32. The Labute approximate surface area is 127 Å². The SMILES string of the molecule is CCc1cnc(C(C)NCc2cc(=O)n(C)c(=O)n2C)s1. The molecule has 0 saturated carbocycles. The zero-order valence-electron chi connectivity index (χ0n) is 12.7. The van der Waals surface area contributed by atoms with Crippen molar-refractivity contribution in [1.82, 2.24) is 19.4 Å². The third-order valence-electron chi connectivity index (χ3n) is 3.51. The van der Waals surface area contributed by atoms with Crippen LogP contribution in [-0.2, 0) is 27.1 Å². The second-order valence-electron chi connectivity index (χ2n) is 5.00. The summed E-state index contributed by atoms with van der Waals surface area (Å²) in [4.78, 5) is 29.2. The van der Waals surface area contributed by atoms with Gasteiger partial charge in [-0.1, -0.05) is 6.92 Å². The summed E-state index contributed by atoms with van der Waals surface area (Å²) in [5.74, 6) is 0. The van der Waals surface area contributed by atoms with Gasteiger partial charge in [-0.15, -0.1) is 11.3 Å². The van der Waals surface area contributed by atoms with Gasteiger partial charge in [0.1, 0.15) is 5.01 Å². The summed E-state index contributed by atoms with van der Waals surface area (Å²) >= 11 is 1.68. The second kappa shape index (κ2) is 6.36. The molecule has 2 heterocycles. The zero-order chi connectivity index (χ0) is 15.6. The molecule has 0 aliphatic heterocycles. The van der Waals surface area contributed by atoms with Crippen LogP contribution in [0.15, 0.2) is 21.9 Å². The van der Waals surface area contributed by atoms with Gasteiger partial charge in [0.25, 0.3) is 5.56 Å². The number of nitrogens with zero attached hydrogens (tertiary/aromatic N) is 3. The molecule has 1 N–H and O–H groups in total. The summed E-state index contributed by atoms with van der Waals surface area (Å²) in [6, 6.07) is 1.56. The first-order chi connectivity index (χ1) is 9.93. The third-order valence-corrected chi connectivity index (χ3v) is 4.83. The number of aromatic nitrogens is 3. The summed E-state index contributed by atoms with van der Waals surface area (Å²) in [6.07, 6.45) is 2.87. The molecular weight excluding hydrogens is 288 g/mol. The minimum Gasteiger partial charge on any atom is -0.303 e. The molecule has 0 aliphatic rings. The van der Waals surface area contributed by atoms with E-state index in [0.29, 0.717) is 12.2 Å². The van der Waals surface area contributed by atoms with Gasteiger partial charge in [-0.05, 0) is 13.3 Å². The highest BCUT2D eigenvalue weighted by molar-refractivity contribution is 7.11. The van der Waals surface area contributed by atoms with Crippen LogP contribution < -0.4 is 16.6 Å². The molecule has 7 heteroatoms. The Morgan fingerprint density at radius 1 is 1.33 bits per heavy atom. The number of hydrogen-bond acceptors (Lipinski definition) is 5. The average molecular weight is 308 g/mol. The number of rotatable bonds is 5. The molecule has 6 nitrogen and oxygen atoms in total. The predicted molar refractivity (Wildman–Crippen MR) is 83.7 cm³/mol. The highest BCUT2D eigenvalue weighted by Crippen LogP contribution is 2.20. The van der Waals surface area contributed by atoms with Gasteiger partial charge in [0.15, 0.2) is 0 Å². The lowest BCUT2D eigenvalue weighted by atomic mass is 10.3. The maximum atomic E-state index is 11.9. The number of aryl methyl sites for hydroxylation is 1. The lowest BCUT2D eigenvalue weighted by Crippen LogP contribution is -2.39. The standard InChI is InChI=1S/C14H20N4O2S/c1-5-11-8-16-13(21-11)9(2)15-7-10-6-12(19)18(4)14(20)17(10)3/h6,8-9,15H,5,7H2,1-4H3. The first-order valence-corrected chi connectivity index (χ1v) is 7.69. The van der Waals surface area contributed by atoms with Gasteiger partial charge in [-0.3, -0.25) is 13.9 Å². The van der Waals surface area contributed by atoms with Gasteiger partial charge in [-0.25, -0.2) is 9.78 Å². The van der Waals surface area contributed by atoms with Crippen molar-refractivity contribution in [3.05, 3.63) is 48.7 Å². The van der Waals surface area contributed by atoms with E-state index in [1.165, 1.54) is 22.6 Å². The largest absolute Gasteiger partial charge is 0.330 e. The van der Waals surface area contributed by atoms with Crippen LogP contribution in [0.4, 0.5) is 0 Å². The minimum atomic E-state index is -0.311. The Morgan fingerprint density at radius 2 is 2.05 bits per heavy atom. The summed E-state index contributed by atoms with van der Waals surface area (Å²) in [7, 11) is 3.15.